The Kier molecular flexibility index (Phi) is 7.51. The van der Waals surface area contributed by atoms with Crippen LogP contribution >= 0.6 is 23.7 Å². The first kappa shape index (κ1) is 24.9. The maximum atomic E-state index is 13.4. The molecule has 1 N–H and O–H groups in total. The number of piperazine rings is 1. The number of rotatable bonds is 5. The number of nitrogens with zero attached hydrogens (tertiary/aromatic N) is 5. The standard InChI is InChI=1S/C26H25FN6S.ClH/c1-3-19-14-23(21-15-20(8-9-22(21)30-19)33-12-10-29-11-13-33)32(2)26-31-25(24(16-28)34-26)17-4-6-18(27)7-5-17;/h4-9,14-15,29H,3,10-13H2,1-2H3;1H. The summed E-state index contributed by atoms with van der Waals surface area (Å²) >= 11 is 1.34. The zero-order chi connectivity index (χ0) is 23.7. The molecule has 0 amide bonds. The van der Waals surface area contributed by atoms with Crippen LogP contribution in [0.1, 0.15) is 17.5 Å². The van der Waals surface area contributed by atoms with Gasteiger partial charge in [0.05, 0.1) is 11.2 Å². The summed E-state index contributed by atoms with van der Waals surface area (Å²) in [5.74, 6) is -0.314. The fourth-order valence-electron chi connectivity index (χ4n) is 4.26. The highest BCUT2D eigenvalue weighted by atomic mass is 35.5. The molecule has 2 aromatic heterocycles. The third-order valence-electron chi connectivity index (χ3n) is 6.15. The molecule has 2 aromatic carbocycles. The lowest BCUT2D eigenvalue weighted by Gasteiger charge is -2.30. The van der Waals surface area contributed by atoms with Crippen LogP contribution in [0.25, 0.3) is 22.2 Å². The van der Waals surface area contributed by atoms with Gasteiger partial charge in [-0.05, 0) is 55.0 Å². The Labute approximate surface area is 214 Å². The number of halogens is 2. The molecule has 5 rings (SSSR count). The van der Waals surface area contributed by atoms with Crippen LogP contribution in [0.15, 0.2) is 48.5 Å². The van der Waals surface area contributed by atoms with Crippen LogP contribution in [-0.2, 0) is 6.42 Å². The number of hydrogen-bond donors (Lipinski definition) is 1. The van der Waals surface area contributed by atoms with Crippen molar-refractivity contribution in [1.29, 1.82) is 5.26 Å². The van der Waals surface area contributed by atoms with Crippen molar-refractivity contribution in [2.45, 2.75) is 13.3 Å². The predicted octanol–water partition coefficient (Wildman–Crippen LogP) is 5.53. The molecule has 1 fully saturated rings. The van der Waals surface area contributed by atoms with Crippen molar-refractivity contribution >= 4 is 51.2 Å². The maximum absolute atomic E-state index is 13.4. The van der Waals surface area contributed by atoms with E-state index in [9.17, 15) is 9.65 Å². The van der Waals surface area contributed by atoms with Gasteiger partial charge in [0.2, 0.25) is 0 Å². The number of pyridine rings is 1. The van der Waals surface area contributed by atoms with Gasteiger partial charge in [-0.3, -0.25) is 4.98 Å². The Balaban J connectivity index is 0.00000289. The minimum Gasteiger partial charge on any atom is -0.369 e. The Morgan fingerprint density at radius 3 is 2.54 bits per heavy atom. The fourth-order valence-corrected chi connectivity index (χ4v) is 5.12. The predicted molar refractivity (Wildman–Crippen MR) is 144 cm³/mol. The topological polar surface area (TPSA) is 68.1 Å². The average molecular weight is 509 g/mol. The number of nitriles is 1. The molecule has 0 spiro atoms. The van der Waals surface area contributed by atoms with Crippen molar-refractivity contribution in [3.05, 3.63) is 64.9 Å². The van der Waals surface area contributed by atoms with Crippen LogP contribution in [0.5, 0.6) is 0 Å². The van der Waals surface area contributed by atoms with Crippen LogP contribution in [-0.4, -0.2) is 43.2 Å². The summed E-state index contributed by atoms with van der Waals surface area (Å²) < 4.78 is 13.4. The van der Waals surface area contributed by atoms with Gasteiger partial charge in [0.25, 0.3) is 0 Å². The van der Waals surface area contributed by atoms with E-state index in [1.807, 2.05) is 11.9 Å². The van der Waals surface area contributed by atoms with Gasteiger partial charge in [-0.15, -0.1) is 12.4 Å². The van der Waals surface area contributed by atoms with Crippen LogP contribution in [0, 0.1) is 17.1 Å². The first-order valence-electron chi connectivity index (χ1n) is 11.4. The van der Waals surface area contributed by atoms with Crippen LogP contribution in [0.4, 0.5) is 20.9 Å². The fraction of sp³-hybridized carbons (Fsp3) is 0.269. The molecular weight excluding hydrogens is 483 g/mol. The van der Waals surface area contributed by atoms with E-state index in [1.54, 1.807) is 12.1 Å². The second-order valence-corrected chi connectivity index (χ2v) is 9.25. The van der Waals surface area contributed by atoms with Crippen LogP contribution in [0.2, 0.25) is 0 Å². The first-order valence-corrected chi connectivity index (χ1v) is 12.2. The minimum absolute atomic E-state index is 0. The summed E-state index contributed by atoms with van der Waals surface area (Å²) in [5.41, 5.74) is 5.42. The van der Waals surface area contributed by atoms with Crippen molar-refractivity contribution in [2.75, 3.05) is 43.0 Å². The highest BCUT2D eigenvalue weighted by Gasteiger charge is 2.20. The van der Waals surface area contributed by atoms with E-state index in [-0.39, 0.29) is 18.2 Å². The van der Waals surface area contributed by atoms with E-state index < -0.39 is 0 Å². The highest BCUT2D eigenvalue weighted by Crippen LogP contribution is 2.38. The average Bonchev–Trinajstić information content (AvgIpc) is 3.32. The third-order valence-corrected chi connectivity index (χ3v) is 7.19. The van der Waals surface area contributed by atoms with Crippen LogP contribution in [0.3, 0.4) is 0 Å². The number of nitrogens with one attached hydrogen (secondary N) is 1. The SMILES string of the molecule is CCc1cc(N(C)c2nc(-c3ccc(F)cc3)c(C#N)s2)c2cc(N3CCNCC3)ccc2n1.Cl. The van der Waals surface area contributed by atoms with E-state index in [0.717, 1.165) is 60.4 Å². The van der Waals surface area contributed by atoms with Crippen LogP contribution < -0.4 is 15.1 Å². The van der Waals surface area contributed by atoms with E-state index in [2.05, 4.69) is 47.5 Å². The van der Waals surface area contributed by atoms with Crippen molar-refractivity contribution in [2.24, 2.45) is 0 Å². The molecule has 1 aliphatic heterocycles. The summed E-state index contributed by atoms with van der Waals surface area (Å²) in [5, 5.41) is 14.9. The molecule has 3 heterocycles. The molecule has 35 heavy (non-hydrogen) atoms. The van der Waals surface area contributed by atoms with Gasteiger partial charge in [-0.1, -0.05) is 18.3 Å². The third kappa shape index (κ3) is 4.94. The smallest absolute Gasteiger partial charge is 0.191 e. The quantitative estimate of drug-likeness (QED) is 0.382. The van der Waals surface area contributed by atoms with E-state index in [0.29, 0.717) is 15.7 Å². The summed E-state index contributed by atoms with van der Waals surface area (Å²) in [6, 6.07) is 16.9. The van der Waals surface area contributed by atoms with Gasteiger partial charge in [0.15, 0.2) is 5.13 Å². The van der Waals surface area contributed by atoms with Crippen molar-refractivity contribution in [1.82, 2.24) is 15.3 Å². The maximum Gasteiger partial charge on any atom is 0.191 e. The van der Waals surface area contributed by atoms with Gasteiger partial charge in [-0.25, -0.2) is 9.37 Å². The molecule has 0 bridgehead atoms. The molecule has 1 aliphatic rings. The van der Waals surface area contributed by atoms with Gasteiger partial charge >= 0.3 is 0 Å². The summed E-state index contributed by atoms with van der Waals surface area (Å²) in [6.45, 7) is 5.98. The number of benzene rings is 2. The van der Waals surface area contributed by atoms with Gasteiger partial charge < -0.3 is 15.1 Å². The Morgan fingerprint density at radius 1 is 1.11 bits per heavy atom. The number of aromatic nitrogens is 2. The molecule has 0 radical (unpaired) electrons. The number of anilines is 3. The number of thiazole rings is 1. The molecule has 0 unspecified atom stereocenters. The summed E-state index contributed by atoms with van der Waals surface area (Å²) in [6.07, 6.45) is 0.818. The van der Waals surface area contributed by atoms with E-state index >= 15 is 0 Å². The molecule has 0 saturated carbocycles. The molecule has 4 aromatic rings. The molecule has 1 saturated heterocycles. The number of hydrogen-bond acceptors (Lipinski definition) is 7. The molecule has 0 aliphatic carbocycles. The van der Waals surface area contributed by atoms with E-state index in [1.165, 1.54) is 29.2 Å². The molecule has 0 atom stereocenters. The second-order valence-electron chi connectivity index (χ2n) is 8.28. The Hall–Kier alpha value is -3.25. The monoisotopic (exact) mass is 508 g/mol. The lowest BCUT2D eigenvalue weighted by Crippen LogP contribution is -2.43. The number of fused-ring (bicyclic) bond motifs is 1. The Morgan fingerprint density at radius 2 is 1.86 bits per heavy atom. The van der Waals surface area contributed by atoms with E-state index in [4.69, 9.17) is 9.97 Å². The van der Waals surface area contributed by atoms with Gasteiger partial charge in [0, 0.05) is 55.6 Å². The number of aryl methyl sites for hydroxylation is 1. The zero-order valence-corrected chi connectivity index (χ0v) is 21.2. The van der Waals surface area contributed by atoms with Gasteiger partial charge in [0.1, 0.15) is 22.5 Å². The minimum atomic E-state index is -0.314. The van der Waals surface area contributed by atoms with Crippen molar-refractivity contribution < 1.29 is 4.39 Å². The molecular formula is C26H26ClFN6S. The van der Waals surface area contributed by atoms with Crippen molar-refractivity contribution in [3.63, 3.8) is 0 Å². The molecule has 180 valence electrons. The largest absolute Gasteiger partial charge is 0.369 e. The molecule has 9 heteroatoms. The summed E-state index contributed by atoms with van der Waals surface area (Å²) in [4.78, 5) is 14.6. The normalized spacial score (nSPS) is 13.4. The lowest BCUT2D eigenvalue weighted by atomic mass is 10.1. The lowest BCUT2D eigenvalue weighted by molar-refractivity contribution is 0.589. The Bertz CT molecular complexity index is 1380. The van der Waals surface area contributed by atoms with Crippen molar-refractivity contribution in [3.8, 4) is 17.3 Å². The molecule has 6 nitrogen and oxygen atoms in total. The highest BCUT2D eigenvalue weighted by molar-refractivity contribution is 7.16. The first-order chi connectivity index (χ1) is 16.6. The van der Waals surface area contributed by atoms with Gasteiger partial charge in [-0.2, -0.15) is 5.26 Å². The zero-order valence-electron chi connectivity index (χ0n) is 19.6. The second kappa shape index (κ2) is 10.6. The summed E-state index contributed by atoms with van der Waals surface area (Å²) in [7, 11) is 1.97.